The van der Waals surface area contributed by atoms with Crippen molar-refractivity contribution in [2.45, 2.75) is 25.5 Å². The SMILES string of the molecule is CNc1snnc1CN(C)CC1CC(O)C1. The normalized spacial score (nSPS) is 24.5. The van der Waals surface area contributed by atoms with Gasteiger partial charge < -0.3 is 15.3 Å². The van der Waals surface area contributed by atoms with E-state index in [1.165, 1.54) is 11.5 Å². The molecule has 0 radical (unpaired) electrons. The van der Waals surface area contributed by atoms with Crippen LogP contribution in [-0.4, -0.2) is 46.3 Å². The molecule has 1 fully saturated rings. The van der Waals surface area contributed by atoms with E-state index >= 15 is 0 Å². The van der Waals surface area contributed by atoms with Gasteiger partial charge in [0.2, 0.25) is 0 Å². The van der Waals surface area contributed by atoms with E-state index in [9.17, 15) is 5.11 Å². The highest BCUT2D eigenvalue weighted by molar-refractivity contribution is 7.10. The van der Waals surface area contributed by atoms with Crippen LogP contribution in [0.4, 0.5) is 5.00 Å². The highest BCUT2D eigenvalue weighted by atomic mass is 32.1. The molecule has 1 aliphatic rings. The molecule has 1 heterocycles. The molecule has 1 aromatic rings. The lowest BCUT2D eigenvalue weighted by atomic mass is 9.82. The fraction of sp³-hybridized carbons (Fsp3) is 0.800. The quantitative estimate of drug-likeness (QED) is 0.799. The van der Waals surface area contributed by atoms with Crippen LogP contribution in [0, 0.1) is 5.92 Å². The van der Waals surface area contributed by atoms with Gasteiger partial charge in [0.05, 0.1) is 6.10 Å². The number of nitrogens with one attached hydrogen (secondary N) is 1. The molecule has 16 heavy (non-hydrogen) atoms. The Morgan fingerprint density at radius 1 is 1.56 bits per heavy atom. The third-order valence-corrected chi connectivity index (χ3v) is 3.77. The summed E-state index contributed by atoms with van der Waals surface area (Å²) < 4.78 is 3.93. The van der Waals surface area contributed by atoms with Crippen LogP contribution in [0.25, 0.3) is 0 Å². The van der Waals surface area contributed by atoms with Crippen LogP contribution < -0.4 is 5.32 Å². The van der Waals surface area contributed by atoms with Crippen LogP contribution in [0.15, 0.2) is 0 Å². The fourth-order valence-corrected chi connectivity index (χ4v) is 2.64. The van der Waals surface area contributed by atoms with Gasteiger partial charge in [-0.2, -0.15) is 0 Å². The molecule has 1 saturated carbocycles. The molecular weight excluding hydrogens is 224 g/mol. The molecule has 0 saturated heterocycles. The van der Waals surface area contributed by atoms with E-state index in [2.05, 4.69) is 26.9 Å². The predicted octanol–water partition coefficient (Wildman–Crippen LogP) is 0.782. The summed E-state index contributed by atoms with van der Waals surface area (Å²) in [5, 5.41) is 17.5. The molecule has 90 valence electrons. The first-order chi connectivity index (χ1) is 7.69. The Hall–Kier alpha value is -0.720. The molecule has 1 aliphatic carbocycles. The number of hydrogen-bond donors (Lipinski definition) is 2. The summed E-state index contributed by atoms with van der Waals surface area (Å²) in [7, 11) is 3.98. The van der Waals surface area contributed by atoms with Crippen molar-refractivity contribution in [3.63, 3.8) is 0 Å². The molecule has 0 atom stereocenters. The summed E-state index contributed by atoms with van der Waals surface area (Å²) in [5.41, 5.74) is 1.01. The van der Waals surface area contributed by atoms with Crippen molar-refractivity contribution in [3.8, 4) is 0 Å². The van der Waals surface area contributed by atoms with E-state index in [4.69, 9.17) is 0 Å². The van der Waals surface area contributed by atoms with Crippen LogP contribution >= 0.6 is 11.5 Å². The topological polar surface area (TPSA) is 61.3 Å². The Morgan fingerprint density at radius 3 is 2.94 bits per heavy atom. The summed E-state index contributed by atoms with van der Waals surface area (Å²) >= 11 is 1.39. The van der Waals surface area contributed by atoms with E-state index in [-0.39, 0.29) is 6.10 Å². The molecule has 2 rings (SSSR count). The Labute approximate surface area is 99.6 Å². The molecule has 2 N–H and O–H groups in total. The molecule has 0 spiro atoms. The van der Waals surface area contributed by atoms with Crippen LogP contribution in [-0.2, 0) is 6.54 Å². The molecule has 1 aromatic heterocycles. The Bertz CT molecular complexity index is 337. The Morgan fingerprint density at radius 2 is 2.31 bits per heavy atom. The number of hydrogen-bond acceptors (Lipinski definition) is 6. The molecule has 6 heteroatoms. The lowest BCUT2D eigenvalue weighted by Crippen LogP contribution is -2.36. The first kappa shape index (κ1) is 11.8. The molecule has 0 amide bonds. The summed E-state index contributed by atoms with van der Waals surface area (Å²) in [6, 6.07) is 0. The maximum atomic E-state index is 9.22. The third-order valence-electron chi connectivity index (χ3n) is 2.98. The number of aromatic nitrogens is 2. The Balaban J connectivity index is 1.80. The molecule has 0 unspecified atom stereocenters. The van der Waals surface area contributed by atoms with Gasteiger partial charge in [-0.15, -0.1) is 5.10 Å². The van der Waals surface area contributed by atoms with E-state index in [0.717, 1.165) is 36.6 Å². The van der Waals surface area contributed by atoms with E-state index in [1.807, 2.05) is 7.05 Å². The van der Waals surface area contributed by atoms with Crippen molar-refractivity contribution in [1.29, 1.82) is 0 Å². The lowest BCUT2D eigenvalue weighted by Gasteiger charge is -2.34. The third kappa shape index (κ3) is 2.69. The van der Waals surface area contributed by atoms with Gasteiger partial charge >= 0.3 is 0 Å². The highest BCUT2D eigenvalue weighted by Crippen LogP contribution is 2.28. The van der Waals surface area contributed by atoms with Crippen molar-refractivity contribution in [2.75, 3.05) is 26.0 Å². The molecule has 0 aromatic carbocycles. The number of nitrogens with zero attached hydrogens (tertiary/aromatic N) is 3. The zero-order valence-corrected chi connectivity index (χ0v) is 10.5. The minimum absolute atomic E-state index is 0.0628. The van der Waals surface area contributed by atoms with Crippen LogP contribution in [0.2, 0.25) is 0 Å². The second-order valence-corrected chi connectivity index (χ2v) is 5.24. The van der Waals surface area contributed by atoms with E-state index in [0.29, 0.717) is 5.92 Å². The lowest BCUT2D eigenvalue weighted by molar-refractivity contribution is 0.0272. The summed E-state index contributed by atoms with van der Waals surface area (Å²) in [6.45, 7) is 1.84. The van der Waals surface area contributed by atoms with Gasteiger partial charge in [0.1, 0.15) is 10.7 Å². The van der Waals surface area contributed by atoms with Crippen molar-refractivity contribution >= 4 is 16.5 Å². The number of aliphatic hydroxyl groups is 1. The Kier molecular flexibility index (Phi) is 3.73. The van der Waals surface area contributed by atoms with Gasteiger partial charge in [-0.05, 0) is 25.8 Å². The number of anilines is 1. The standard InChI is InChI=1S/C10H18N4OS/c1-11-10-9(12-13-16-10)6-14(2)5-7-3-8(15)4-7/h7-8,11,15H,3-6H2,1-2H3. The fourth-order valence-electron chi connectivity index (χ4n) is 2.11. The average Bonchev–Trinajstić information content (AvgIpc) is 2.62. The van der Waals surface area contributed by atoms with Gasteiger partial charge in [-0.3, -0.25) is 0 Å². The molecule has 0 bridgehead atoms. The maximum absolute atomic E-state index is 9.22. The predicted molar refractivity (Wildman–Crippen MR) is 64.5 cm³/mol. The summed E-state index contributed by atoms with van der Waals surface area (Å²) in [5.74, 6) is 0.643. The first-order valence-corrected chi connectivity index (χ1v) is 6.32. The smallest absolute Gasteiger partial charge is 0.134 e. The average molecular weight is 242 g/mol. The highest BCUT2D eigenvalue weighted by Gasteiger charge is 2.28. The van der Waals surface area contributed by atoms with Gasteiger partial charge in [-0.25, -0.2) is 0 Å². The first-order valence-electron chi connectivity index (χ1n) is 5.54. The zero-order chi connectivity index (χ0) is 11.5. The molecule has 5 nitrogen and oxygen atoms in total. The largest absolute Gasteiger partial charge is 0.393 e. The van der Waals surface area contributed by atoms with Gasteiger partial charge in [0.25, 0.3) is 0 Å². The maximum Gasteiger partial charge on any atom is 0.134 e. The zero-order valence-electron chi connectivity index (χ0n) is 9.68. The van der Waals surface area contributed by atoms with E-state index in [1.54, 1.807) is 0 Å². The van der Waals surface area contributed by atoms with Crippen molar-refractivity contribution in [1.82, 2.24) is 14.5 Å². The van der Waals surface area contributed by atoms with Crippen LogP contribution in [0.3, 0.4) is 0 Å². The minimum Gasteiger partial charge on any atom is -0.393 e. The second kappa shape index (κ2) is 5.07. The van der Waals surface area contributed by atoms with Crippen LogP contribution in [0.1, 0.15) is 18.5 Å². The second-order valence-electron chi connectivity index (χ2n) is 4.49. The van der Waals surface area contributed by atoms with E-state index < -0.39 is 0 Å². The monoisotopic (exact) mass is 242 g/mol. The van der Waals surface area contributed by atoms with Gasteiger partial charge in [0, 0.05) is 31.7 Å². The van der Waals surface area contributed by atoms with Gasteiger partial charge in [0.15, 0.2) is 0 Å². The summed E-state index contributed by atoms with van der Waals surface area (Å²) in [6.07, 6.45) is 1.82. The molecular formula is C10H18N4OS. The summed E-state index contributed by atoms with van der Waals surface area (Å²) in [4.78, 5) is 2.24. The number of aliphatic hydroxyl groups excluding tert-OH is 1. The number of rotatable bonds is 5. The van der Waals surface area contributed by atoms with Crippen molar-refractivity contribution in [3.05, 3.63) is 5.69 Å². The minimum atomic E-state index is -0.0628. The molecule has 0 aliphatic heterocycles. The van der Waals surface area contributed by atoms with Crippen molar-refractivity contribution < 1.29 is 5.11 Å². The van der Waals surface area contributed by atoms with Crippen molar-refractivity contribution in [2.24, 2.45) is 5.92 Å². The van der Waals surface area contributed by atoms with Gasteiger partial charge in [-0.1, -0.05) is 4.49 Å². The van der Waals surface area contributed by atoms with Crippen LogP contribution in [0.5, 0.6) is 0 Å².